The van der Waals surface area contributed by atoms with Gasteiger partial charge in [-0.2, -0.15) is 0 Å². The second-order valence-corrected chi connectivity index (χ2v) is 3.98. The van der Waals surface area contributed by atoms with Crippen LogP contribution in [-0.4, -0.2) is 17.3 Å². The fourth-order valence-corrected chi connectivity index (χ4v) is 2.42. The van der Waals surface area contributed by atoms with Crippen molar-refractivity contribution in [1.29, 1.82) is 0 Å². The molecular weight excluding hydrogens is 184 g/mol. The monoisotopic (exact) mass is 192 g/mol. The largest absolute Gasteiger partial charge is 0.290 e. The van der Waals surface area contributed by atoms with Crippen LogP contribution in [0.3, 0.4) is 0 Å². The first-order valence-corrected chi connectivity index (χ1v) is 5.07. The van der Waals surface area contributed by atoms with Crippen LogP contribution in [0.25, 0.3) is 0 Å². The van der Waals surface area contributed by atoms with E-state index < -0.39 is 0 Å². The molecule has 1 unspecified atom stereocenters. The Morgan fingerprint density at radius 1 is 1.15 bits per heavy atom. The fraction of sp³-hybridized carbons (Fsp3) is 0.200. The minimum absolute atomic E-state index is 0.251. The lowest BCUT2D eigenvalue weighted by molar-refractivity contribution is -0.134. The minimum Gasteiger partial charge on any atom is -0.290 e. The molecule has 1 aliphatic rings. The summed E-state index contributed by atoms with van der Waals surface area (Å²) in [5, 5.41) is -0.256. The maximum absolute atomic E-state index is 11.3. The highest BCUT2D eigenvalue weighted by Gasteiger charge is 2.33. The first kappa shape index (κ1) is 8.51. The third-order valence-corrected chi connectivity index (χ3v) is 3.24. The van der Waals surface area contributed by atoms with Gasteiger partial charge >= 0.3 is 0 Å². The molecule has 1 atom stereocenters. The van der Waals surface area contributed by atoms with Gasteiger partial charge < -0.3 is 0 Å². The highest BCUT2D eigenvalue weighted by molar-refractivity contribution is 8.02. The van der Waals surface area contributed by atoms with Gasteiger partial charge in [-0.25, -0.2) is 0 Å². The highest BCUT2D eigenvalue weighted by atomic mass is 32.2. The third kappa shape index (κ3) is 1.52. The highest BCUT2D eigenvalue weighted by Crippen LogP contribution is 2.35. The van der Waals surface area contributed by atoms with Gasteiger partial charge in [0.05, 0.1) is 11.0 Å². The van der Waals surface area contributed by atoms with Crippen LogP contribution in [0.5, 0.6) is 0 Å². The minimum atomic E-state index is -0.256. The Hall–Kier alpha value is -1.09. The molecule has 0 aliphatic carbocycles. The van der Waals surface area contributed by atoms with Crippen LogP contribution < -0.4 is 0 Å². The van der Waals surface area contributed by atoms with Crippen molar-refractivity contribution in [3.63, 3.8) is 0 Å². The predicted molar refractivity (Wildman–Crippen MR) is 51.7 cm³/mol. The first-order valence-electron chi connectivity index (χ1n) is 4.02. The fourth-order valence-electron chi connectivity index (χ4n) is 1.33. The van der Waals surface area contributed by atoms with Gasteiger partial charge in [-0.15, -0.1) is 11.8 Å². The summed E-state index contributed by atoms with van der Waals surface area (Å²) in [6.45, 7) is 0. The summed E-state index contributed by atoms with van der Waals surface area (Å²) >= 11 is 1.41. The van der Waals surface area contributed by atoms with Crippen LogP contribution >= 0.6 is 11.8 Å². The summed E-state index contributed by atoms with van der Waals surface area (Å²) in [6, 6.07) is 9.43. The van der Waals surface area contributed by atoms with Crippen molar-refractivity contribution in [1.82, 2.24) is 0 Å². The zero-order valence-corrected chi connectivity index (χ0v) is 7.71. The van der Waals surface area contributed by atoms with Crippen molar-refractivity contribution < 1.29 is 9.59 Å². The SMILES string of the molecule is O=C1CSC(c2ccccc2)C1=O. The molecule has 0 bridgehead atoms. The number of Topliss-reactive ketones (excluding diaryl/α,β-unsaturated/α-hetero) is 2. The smallest absolute Gasteiger partial charge is 0.216 e. The Labute approximate surface area is 80.3 Å². The third-order valence-electron chi connectivity index (χ3n) is 2.00. The van der Waals surface area contributed by atoms with Gasteiger partial charge in [0, 0.05) is 0 Å². The average Bonchev–Trinajstić information content (AvgIpc) is 2.49. The summed E-state index contributed by atoms with van der Waals surface area (Å²) in [5.41, 5.74) is 0.934. The van der Waals surface area contributed by atoms with Crippen molar-refractivity contribution >= 4 is 23.3 Å². The van der Waals surface area contributed by atoms with E-state index in [0.29, 0.717) is 5.75 Å². The molecule has 0 amide bonds. The summed E-state index contributed by atoms with van der Waals surface area (Å²) in [5.74, 6) is -0.173. The molecule has 1 saturated heterocycles. The van der Waals surface area contributed by atoms with E-state index in [-0.39, 0.29) is 16.8 Å². The van der Waals surface area contributed by atoms with Gasteiger partial charge in [0.2, 0.25) is 11.6 Å². The van der Waals surface area contributed by atoms with Crippen molar-refractivity contribution in [2.24, 2.45) is 0 Å². The Morgan fingerprint density at radius 2 is 1.85 bits per heavy atom. The lowest BCUT2D eigenvalue weighted by Gasteiger charge is -2.04. The molecule has 0 saturated carbocycles. The van der Waals surface area contributed by atoms with Crippen LogP contribution in [0.15, 0.2) is 30.3 Å². The van der Waals surface area contributed by atoms with Crippen LogP contribution in [0.4, 0.5) is 0 Å². The summed E-state index contributed by atoms with van der Waals surface area (Å²) in [6.07, 6.45) is 0. The van der Waals surface area contributed by atoms with E-state index in [1.807, 2.05) is 30.3 Å². The van der Waals surface area contributed by atoms with Gasteiger partial charge in [0.15, 0.2) is 0 Å². The Bertz CT molecular complexity index is 345. The maximum atomic E-state index is 11.3. The summed E-state index contributed by atoms with van der Waals surface area (Å²) in [7, 11) is 0. The molecule has 66 valence electrons. The number of rotatable bonds is 1. The van der Waals surface area contributed by atoms with Gasteiger partial charge in [-0.3, -0.25) is 9.59 Å². The number of hydrogen-bond acceptors (Lipinski definition) is 3. The van der Waals surface area contributed by atoms with Crippen molar-refractivity contribution in [2.75, 3.05) is 5.75 Å². The molecule has 2 rings (SSSR count). The quantitative estimate of drug-likeness (QED) is 0.634. The molecular formula is C10H8O2S. The lowest BCUT2D eigenvalue weighted by Crippen LogP contribution is -2.12. The zero-order chi connectivity index (χ0) is 9.26. The molecule has 1 aromatic carbocycles. The predicted octanol–water partition coefficient (Wildman–Crippen LogP) is 1.61. The molecule has 3 heteroatoms. The second-order valence-electron chi connectivity index (χ2n) is 2.89. The van der Waals surface area contributed by atoms with Crippen molar-refractivity contribution in [2.45, 2.75) is 5.25 Å². The van der Waals surface area contributed by atoms with E-state index in [2.05, 4.69) is 0 Å². The van der Waals surface area contributed by atoms with Gasteiger partial charge in [0.1, 0.15) is 0 Å². The number of carbonyl (C=O) groups excluding carboxylic acids is 2. The molecule has 0 spiro atoms. The number of benzene rings is 1. The van der Waals surface area contributed by atoms with E-state index >= 15 is 0 Å². The van der Waals surface area contributed by atoms with E-state index in [1.165, 1.54) is 11.8 Å². The lowest BCUT2D eigenvalue weighted by atomic mass is 10.1. The number of hydrogen-bond donors (Lipinski definition) is 0. The van der Waals surface area contributed by atoms with Crippen LogP contribution in [0.1, 0.15) is 10.8 Å². The van der Waals surface area contributed by atoms with Crippen LogP contribution in [-0.2, 0) is 9.59 Å². The molecule has 2 nitrogen and oxygen atoms in total. The van der Waals surface area contributed by atoms with E-state index in [1.54, 1.807) is 0 Å². The molecule has 1 aromatic rings. The molecule has 1 fully saturated rings. The Morgan fingerprint density at radius 3 is 2.38 bits per heavy atom. The van der Waals surface area contributed by atoms with Gasteiger partial charge in [-0.05, 0) is 5.56 Å². The average molecular weight is 192 g/mol. The molecule has 1 heterocycles. The maximum Gasteiger partial charge on any atom is 0.216 e. The molecule has 13 heavy (non-hydrogen) atoms. The molecule has 1 aliphatic heterocycles. The van der Waals surface area contributed by atoms with E-state index in [9.17, 15) is 9.59 Å². The number of thioether (sulfide) groups is 1. The Kier molecular flexibility index (Phi) is 2.19. The molecule has 0 aromatic heterocycles. The van der Waals surface area contributed by atoms with Crippen molar-refractivity contribution in [3.05, 3.63) is 35.9 Å². The molecule has 0 N–H and O–H groups in total. The number of ketones is 2. The summed E-state index contributed by atoms with van der Waals surface area (Å²) < 4.78 is 0. The topological polar surface area (TPSA) is 34.1 Å². The standard InChI is InChI=1S/C10H8O2S/c11-8-6-13-10(9(8)12)7-4-2-1-3-5-7/h1-5,10H,6H2. The second kappa shape index (κ2) is 3.34. The van der Waals surface area contributed by atoms with Gasteiger partial charge in [0.25, 0.3) is 0 Å². The van der Waals surface area contributed by atoms with Crippen molar-refractivity contribution in [3.8, 4) is 0 Å². The van der Waals surface area contributed by atoms with E-state index in [4.69, 9.17) is 0 Å². The van der Waals surface area contributed by atoms with Crippen LogP contribution in [0, 0.1) is 0 Å². The van der Waals surface area contributed by atoms with Crippen LogP contribution in [0.2, 0.25) is 0 Å². The molecule has 0 radical (unpaired) electrons. The number of carbonyl (C=O) groups is 2. The van der Waals surface area contributed by atoms with Gasteiger partial charge in [-0.1, -0.05) is 30.3 Å². The Balaban J connectivity index is 2.29. The zero-order valence-electron chi connectivity index (χ0n) is 6.90. The first-order chi connectivity index (χ1) is 6.29. The normalized spacial score (nSPS) is 22.3. The van der Waals surface area contributed by atoms with E-state index in [0.717, 1.165) is 5.56 Å². The summed E-state index contributed by atoms with van der Waals surface area (Å²) in [4.78, 5) is 22.3.